The summed E-state index contributed by atoms with van der Waals surface area (Å²) in [7, 11) is 0. The number of carbonyl (C=O) groups is 2. The van der Waals surface area contributed by atoms with Crippen LogP contribution in [0, 0.1) is 0 Å². The minimum atomic E-state index is -1.13. The van der Waals surface area contributed by atoms with Crippen LogP contribution in [0.4, 0.5) is 5.69 Å². The summed E-state index contributed by atoms with van der Waals surface area (Å²) >= 11 is 12.3. The largest absolute Gasteiger partial charge is 0.477 e. The predicted molar refractivity (Wildman–Crippen MR) is 104 cm³/mol. The zero-order valence-corrected chi connectivity index (χ0v) is 15.4. The predicted octanol–water partition coefficient (Wildman–Crippen LogP) is 5.25. The first-order chi connectivity index (χ1) is 12.4. The Balaban J connectivity index is 1.91. The lowest BCUT2D eigenvalue weighted by Gasteiger charge is -2.15. The average molecular weight is 391 g/mol. The van der Waals surface area contributed by atoms with Crippen molar-refractivity contribution in [2.45, 2.75) is 19.4 Å². The molecule has 3 rings (SSSR count). The van der Waals surface area contributed by atoms with Crippen LogP contribution in [0.25, 0.3) is 10.9 Å². The fourth-order valence-electron chi connectivity index (χ4n) is 2.87. The quantitative estimate of drug-likeness (QED) is 0.502. The van der Waals surface area contributed by atoms with Crippen LogP contribution in [0.1, 0.15) is 34.2 Å². The van der Waals surface area contributed by atoms with E-state index in [1.54, 1.807) is 36.4 Å². The summed E-state index contributed by atoms with van der Waals surface area (Å²) in [6.45, 7) is 1.81. The number of H-pyrrole nitrogens is 1. The number of halogens is 2. The van der Waals surface area contributed by atoms with Gasteiger partial charge >= 0.3 is 5.97 Å². The van der Waals surface area contributed by atoms with Crippen molar-refractivity contribution in [1.82, 2.24) is 4.98 Å². The molecule has 2 aromatic carbocycles. The van der Waals surface area contributed by atoms with E-state index >= 15 is 0 Å². The van der Waals surface area contributed by atoms with Gasteiger partial charge in [0.1, 0.15) is 5.69 Å². The molecule has 1 aromatic heterocycles. The second kappa shape index (κ2) is 7.40. The highest BCUT2D eigenvalue weighted by atomic mass is 35.5. The fourth-order valence-corrected chi connectivity index (χ4v) is 3.46. The van der Waals surface area contributed by atoms with Crippen molar-refractivity contribution in [3.8, 4) is 0 Å². The van der Waals surface area contributed by atoms with E-state index in [9.17, 15) is 14.7 Å². The molecule has 3 aromatic rings. The normalized spacial score (nSPS) is 12.1. The number of aromatic amines is 1. The van der Waals surface area contributed by atoms with E-state index in [-0.39, 0.29) is 23.9 Å². The number of benzene rings is 2. The molecule has 0 saturated carbocycles. The van der Waals surface area contributed by atoms with E-state index in [1.165, 1.54) is 0 Å². The van der Waals surface area contributed by atoms with Crippen LogP contribution in [0.2, 0.25) is 10.0 Å². The lowest BCUT2D eigenvalue weighted by Crippen LogP contribution is -2.21. The SMILES string of the molecule is CC(CC(=O)c1ccccc1)Nc1c(C(=O)O)[nH]c2cc(Cl)cc(Cl)c12. The Bertz CT molecular complexity index is 983. The van der Waals surface area contributed by atoms with Crippen LogP contribution in [-0.2, 0) is 0 Å². The molecule has 5 nitrogen and oxygen atoms in total. The van der Waals surface area contributed by atoms with Gasteiger partial charge in [-0.15, -0.1) is 0 Å². The van der Waals surface area contributed by atoms with Crippen LogP contribution in [0.5, 0.6) is 0 Å². The molecule has 0 aliphatic carbocycles. The number of fused-ring (bicyclic) bond motifs is 1. The van der Waals surface area contributed by atoms with Gasteiger partial charge in [0.2, 0.25) is 0 Å². The molecule has 134 valence electrons. The van der Waals surface area contributed by atoms with E-state index < -0.39 is 5.97 Å². The molecular weight excluding hydrogens is 375 g/mol. The summed E-state index contributed by atoms with van der Waals surface area (Å²) in [6, 6.07) is 11.8. The Kier molecular flexibility index (Phi) is 5.20. The van der Waals surface area contributed by atoms with Crippen LogP contribution in [0.15, 0.2) is 42.5 Å². The van der Waals surface area contributed by atoms with E-state index in [4.69, 9.17) is 23.2 Å². The zero-order valence-electron chi connectivity index (χ0n) is 13.8. The highest BCUT2D eigenvalue weighted by Gasteiger charge is 2.22. The number of carboxylic acids is 1. The van der Waals surface area contributed by atoms with Gasteiger partial charge in [0.15, 0.2) is 5.78 Å². The molecule has 1 atom stereocenters. The maximum atomic E-state index is 12.4. The molecule has 0 aliphatic heterocycles. The number of aromatic carboxylic acids is 1. The molecule has 0 aliphatic rings. The van der Waals surface area contributed by atoms with Gasteiger partial charge in [0.25, 0.3) is 0 Å². The van der Waals surface area contributed by atoms with Gasteiger partial charge in [-0.25, -0.2) is 4.79 Å². The standard InChI is InChI=1S/C19H16Cl2N2O3/c1-10(7-15(24)11-5-3-2-4-6-11)22-17-16-13(21)8-12(20)9-14(16)23-18(17)19(25)26/h2-6,8-10,22-23H,7H2,1H3,(H,25,26). The number of anilines is 1. The fraction of sp³-hybridized carbons (Fsp3) is 0.158. The van der Waals surface area contributed by atoms with Gasteiger partial charge in [-0.2, -0.15) is 0 Å². The molecular formula is C19H16Cl2N2O3. The second-order valence-corrected chi connectivity index (χ2v) is 6.87. The minimum Gasteiger partial charge on any atom is -0.477 e. The summed E-state index contributed by atoms with van der Waals surface area (Å²) in [5, 5.41) is 13.9. The molecule has 3 N–H and O–H groups in total. The first-order valence-corrected chi connectivity index (χ1v) is 8.71. The molecule has 0 amide bonds. The average Bonchev–Trinajstić information content (AvgIpc) is 2.94. The van der Waals surface area contributed by atoms with Crippen molar-refractivity contribution >= 4 is 51.5 Å². The lowest BCUT2D eigenvalue weighted by atomic mass is 10.0. The van der Waals surface area contributed by atoms with Gasteiger partial charge in [-0.05, 0) is 19.1 Å². The van der Waals surface area contributed by atoms with E-state index in [0.717, 1.165) is 0 Å². The first-order valence-electron chi connectivity index (χ1n) is 7.95. The van der Waals surface area contributed by atoms with Crippen molar-refractivity contribution in [3.63, 3.8) is 0 Å². The highest BCUT2D eigenvalue weighted by molar-refractivity contribution is 6.40. The summed E-state index contributed by atoms with van der Waals surface area (Å²) in [6.07, 6.45) is 0.209. The van der Waals surface area contributed by atoms with Gasteiger partial charge in [0, 0.05) is 28.4 Å². The number of Topliss-reactive ketones (excluding diaryl/α,β-unsaturated/α-hetero) is 1. The van der Waals surface area contributed by atoms with Crippen molar-refractivity contribution < 1.29 is 14.7 Å². The number of hydrogen-bond donors (Lipinski definition) is 3. The van der Waals surface area contributed by atoms with Crippen molar-refractivity contribution in [2.24, 2.45) is 0 Å². The number of ketones is 1. The van der Waals surface area contributed by atoms with Crippen molar-refractivity contribution in [3.05, 3.63) is 63.8 Å². The molecule has 0 fully saturated rings. The van der Waals surface area contributed by atoms with Crippen LogP contribution >= 0.6 is 23.2 Å². The third-order valence-corrected chi connectivity index (χ3v) is 4.52. The van der Waals surface area contributed by atoms with E-state index in [0.29, 0.717) is 32.2 Å². The third-order valence-electron chi connectivity index (χ3n) is 4.01. The summed E-state index contributed by atoms with van der Waals surface area (Å²) in [4.78, 5) is 26.8. The molecule has 0 radical (unpaired) electrons. The number of nitrogens with one attached hydrogen (secondary N) is 2. The van der Waals surface area contributed by atoms with Crippen LogP contribution in [0.3, 0.4) is 0 Å². The molecule has 1 unspecified atom stereocenters. The Labute approximate surface area is 159 Å². The summed E-state index contributed by atoms with van der Waals surface area (Å²) in [5.41, 5.74) is 1.46. The van der Waals surface area contributed by atoms with E-state index in [2.05, 4.69) is 10.3 Å². The second-order valence-electron chi connectivity index (χ2n) is 6.03. The Hall–Kier alpha value is -2.50. The molecule has 7 heteroatoms. The topological polar surface area (TPSA) is 82.2 Å². The number of hydrogen-bond acceptors (Lipinski definition) is 3. The van der Waals surface area contributed by atoms with Crippen LogP contribution in [-0.4, -0.2) is 27.9 Å². The first kappa shape index (κ1) is 18.3. The monoisotopic (exact) mass is 390 g/mol. The molecule has 0 spiro atoms. The number of carbonyl (C=O) groups excluding carboxylic acids is 1. The molecule has 1 heterocycles. The molecule has 0 saturated heterocycles. The van der Waals surface area contributed by atoms with Gasteiger partial charge in [-0.1, -0.05) is 53.5 Å². The maximum absolute atomic E-state index is 12.4. The van der Waals surface area contributed by atoms with Crippen LogP contribution < -0.4 is 5.32 Å². The lowest BCUT2D eigenvalue weighted by molar-refractivity contribution is 0.0692. The molecule has 26 heavy (non-hydrogen) atoms. The number of aromatic nitrogens is 1. The zero-order chi connectivity index (χ0) is 18.8. The number of rotatable bonds is 6. The van der Waals surface area contributed by atoms with Crippen molar-refractivity contribution in [2.75, 3.05) is 5.32 Å². The minimum absolute atomic E-state index is 0.0248. The Morgan fingerprint density at radius 2 is 1.88 bits per heavy atom. The third kappa shape index (κ3) is 3.69. The smallest absolute Gasteiger partial charge is 0.354 e. The van der Waals surface area contributed by atoms with Gasteiger partial charge in [-0.3, -0.25) is 4.79 Å². The number of carboxylic acid groups (broad SMARTS) is 1. The summed E-state index contributed by atoms with van der Waals surface area (Å²) < 4.78 is 0. The Morgan fingerprint density at radius 3 is 2.54 bits per heavy atom. The Morgan fingerprint density at radius 1 is 1.19 bits per heavy atom. The maximum Gasteiger partial charge on any atom is 0.354 e. The molecule has 0 bridgehead atoms. The highest BCUT2D eigenvalue weighted by Crippen LogP contribution is 2.36. The summed E-state index contributed by atoms with van der Waals surface area (Å²) in [5.74, 6) is -1.16. The van der Waals surface area contributed by atoms with Crippen molar-refractivity contribution in [1.29, 1.82) is 0 Å². The van der Waals surface area contributed by atoms with E-state index in [1.807, 2.05) is 13.0 Å². The van der Waals surface area contributed by atoms with Gasteiger partial charge in [0.05, 0.1) is 16.2 Å². The van der Waals surface area contributed by atoms with Gasteiger partial charge < -0.3 is 15.4 Å².